The predicted octanol–water partition coefficient (Wildman–Crippen LogP) is 0.838. The SMILES string of the molecule is CCCN(CC(=O)OCC)c1nccnc1N. The molecular weight excluding hydrogens is 220 g/mol. The lowest BCUT2D eigenvalue weighted by Crippen LogP contribution is -2.33. The van der Waals surface area contributed by atoms with Crippen LogP contribution in [-0.2, 0) is 9.53 Å². The molecule has 0 unspecified atom stereocenters. The summed E-state index contributed by atoms with van der Waals surface area (Å²) in [7, 11) is 0. The van der Waals surface area contributed by atoms with E-state index < -0.39 is 0 Å². The van der Waals surface area contributed by atoms with Gasteiger partial charge < -0.3 is 15.4 Å². The number of aromatic nitrogens is 2. The first kappa shape index (κ1) is 13.2. The number of nitrogens with zero attached hydrogens (tertiary/aromatic N) is 3. The monoisotopic (exact) mass is 238 g/mol. The lowest BCUT2D eigenvalue weighted by molar-refractivity contribution is -0.141. The van der Waals surface area contributed by atoms with Gasteiger partial charge in [-0.15, -0.1) is 0 Å². The van der Waals surface area contributed by atoms with Crippen LogP contribution < -0.4 is 10.6 Å². The average Bonchev–Trinajstić information content (AvgIpc) is 2.29. The Morgan fingerprint density at radius 1 is 1.41 bits per heavy atom. The van der Waals surface area contributed by atoms with Crippen molar-refractivity contribution in [1.29, 1.82) is 0 Å². The summed E-state index contributed by atoms with van der Waals surface area (Å²) < 4.78 is 4.91. The molecule has 0 aliphatic rings. The van der Waals surface area contributed by atoms with Crippen LogP contribution in [0.25, 0.3) is 0 Å². The minimum Gasteiger partial charge on any atom is -0.465 e. The van der Waals surface area contributed by atoms with E-state index in [0.717, 1.165) is 6.42 Å². The molecule has 0 amide bonds. The second-order valence-corrected chi connectivity index (χ2v) is 3.49. The minimum absolute atomic E-state index is 0.143. The van der Waals surface area contributed by atoms with Crippen LogP contribution in [0.5, 0.6) is 0 Å². The zero-order valence-corrected chi connectivity index (χ0v) is 10.2. The first-order valence-electron chi connectivity index (χ1n) is 5.66. The number of carbonyl (C=O) groups excluding carboxylic acids is 1. The lowest BCUT2D eigenvalue weighted by atomic mass is 10.4. The maximum Gasteiger partial charge on any atom is 0.325 e. The third kappa shape index (κ3) is 3.90. The van der Waals surface area contributed by atoms with Crippen molar-refractivity contribution < 1.29 is 9.53 Å². The smallest absolute Gasteiger partial charge is 0.325 e. The molecule has 1 aromatic heterocycles. The first-order chi connectivity index (χ1) is 8.19. The quantitative estimate of drug-likeness (QED) is 0.739. The van der Waals surface area contributed by atoms with Gasteiger partial charge >= 0.3 is 5.97 Å². The highest BCUT2D eigenvalue weighted by atomic mass is 16.5. The Balaban J connectivity index is 2.78. The predicted molar refractivity (Wildman–Crippen MR) is 65.6 cm³/mol. The van der Waals surface area contributed by atoms with Crippen LogP contribution >= 0.6 is 0 Å². The van der Waals surface area contributed by atoms with Crippen LogP contribution in [0.1, 0.15) is 20.3 Å². The topological polar surface area (TPSA) is 81.3 Å². The van der Waals surface area contributed by atoms with Crippen LogP contribution in [0.4, 0.5) is 11.6 Å². The van der Waals surface area contributed by atoms with Crippen molar-refractivity contribution in [3.63, 3.8) is 0 Å². The fourth-order valence-corrected chi connectivity index (χ4v) is 1.48. The van der Waals surface area contributed by atoms with Crippen LogP contribution in [0.2, 0.25) is 0 Å². The maximum absolute atomic E-state index is 11.5. The van der Waals surface area contributed by atoms with E-state index >= 15 is 0 Å². The largest absolute Gasteiger partial charge is 0.465 e. The minimum atomic E-state index is -0.286. The molecule has 6 heteroatoms. The molecule has 0 aromatic carbocycles. The van der Waals surface area contributed by atoms with Crippen molar-refractivity contribution in [2.75, 3.05) is 30.3 Å². The Labute approximate surface area is 101 Å². The molecule has 0 fully saturated rings. The second-order valence-electron chi connectivity index (χ2n) is 3.49. The number of hydrogen-bond acceptors (Lipinski definition) is 6. The lowest BCUT2D eigenvalue weighted by Gasteiger charge is -2.22. The van der Waals surface area contributed by atoms with Crippen molar-refractivity contribution in [3.05, 3.63) is 12.4 Å². The van der Waals surface area contributed by atoms with Gasteiger partial charge in [0.05, 0.1) is 6.61 Å². The van der Waals surface area contributed by atoms with Gasteiger partial charge in [-0.05, 0) is 13.3 Å². The molecule has 0 aliphatic heterocycles. The number of ether oxygens (including phenoxy) is 1. The van der Waals surface area contributed by atoms with E-state index in [1.165, 1.54) is 6.20 Å². The first-order valence-corrected chi connectivity index (χ1v) is 5.66. The summed E-state index contributed by atoms with van der Waals surface area (Å²) in [6.45, 7) is 4.99. The van der Waals surface area contributed by atoms with E-state index in [9.17, 15) is 4.79 Å². The average molecular weight is 238 g/mol. The Morgan fingerprint density at radius 2 is 2.12 bits per heavy atom. The van der Waals surface area contributed by atoms with Crippen molar-refractivity contribution in [3.8, 4) is 0 Å². The second kappa shape index (κ2) is 6.67. The van der Waals surface area contributed by atoms with Gasteiger partial charge in [-0.25, -0.2) is 9.97 Å². The van der Waals surface area contributed by atoms with Gasteiger partial charge in [-0.2, -0.15) is 0 Å². The third-order valence-electron chi connectivity index (χ3n) is 2.12. The van der Waals surface area contributed by atoms with Gasteiger partial charge in [0, 0.05) is 18.9 Å². The molecule has 0 aliphatic carbocycles. The molecule has 17 heavy (non-hydrogen) atoms. The Bertz CT molecular complexity index is 370. The molecule has 0 saturated heterocycles. The third-order valence-corrected chi connectivity index (χ3v) is 2.12. The van der Waals surface area contributed by atoms with Gasteiger partial charge in [0.15, 0.2) is 11.6 Å². The van der Waals surface area contributed by atoms with E-state index in [1.807, 2.05) is 6.92 Å². The van der Waals surface area contributed by atoms with Crippen LogP contribution in [0, 0.1) is 0 Å². The van der Waals surface area contributed by atoms with Crippen molar-refractivity contribution in [2.24, 2.45) is 0 Å². The standard InChI is InChI=1S/C11H18N4O2/c1-3-7-15(8-9(16)17-4-2)11-10(12)13-5-6-14-11/h5-6H,3-4,7-8H2,1-2H3,(H2,12,13). The number of nitrogens with two attached hydrogens (primary N) is 1. The Morgan fingerprint density at radius 3 is 2.71 bits per heavy atom. The van der Waals surface area contributed by atoms with E-state index in [-0.39, 0.29) is 12.5 Å². The Kier molecular flexibility index (Phi) is 5.19. The van der Waals surface area contributed by atoms with Crippen molar-refractivity contribution in [2.45, 2.75) is 20.3 Å². The fourth-order valence-electron chi connectivity index (χ4n) is 1.48. The van der Waals surface area contributed by atoms with E-state index in [1.54, 1.807) is 18.0 Å². The Hall–Kier alpha value is -1.85. The van der Waals surface area contributed by atoms with Crippen LogP contribution in [-0.4, -0.2) is 35.6 Å². The molecule has 0 radical (unpaired) electrons. The van der Waals surface area contributed by atoms with Crippen LogP contribution in [0.15, 0.2) is 12.4 Å². The molecule has 1 heterocycles. The number of rotatable bonds is 6. The van der Waals surface area contributed by atoms with E-state index in [4.69, 9.17) is 10.5 Å². The highest BCUT2D eigenvalue weighted by Crippen LogP contribution is 2.16. The fraction of sp³-hybridized carbons (Fsp3) is 0.545. The zero-order chi connectivity index (χ0) is 12.7. The number of esters is 1. The van der Waals surface area contributed by atoms with Gasteiger partial charge in [0.25, 0.3) is 0 Å². The zero-order valence-electron chi connectivity index (χ0n) is 10.2. The summed E-state index contributed by atoms with van der Waals surface area (Å²) in [5.41, 5.74) is 5.73. The van der Waals surface area contributed by atoms with Crippen molar-refractivity contribution >= 4 is 17.6 Å². The molecule has 2 N–H and O–H groups in total. The van der Waals surface area contributed by atoms with Crippen LogP contribution in [0.3, 0.4) is 0 Å². The number of anilines is 2. The molecule has 0 bridgehead atoms. The normalized spacial score (nSPS) is 10.0. The number of hydrogen-bond donors (Lipinski definition) is 1. The molecular formula is C11H18N4O2. The summed E-state index contributed by atoms with van der Waals surface area (Å²) in [4.78, 5) is 21.3. The maximum atomic E-state index is 11.5. The summed E-state index contributed by atoms with van der Waals surface area (Å²) in [6.07, 6.45) is 3.96. The highest BCUT2D eigenvalue weighted by molar-refractivity contribution is 5.76. The highest BCUT2D eigenvalue weighted by Gasteiger charge is 2.15. The molecule has 0 saturated carbocycles. The van der Waals surface area contributed by atoms with E-state index in [2.05, 4.69) is 9.97 Å². The van der Waals surface area contributed by atoms with Gasteiger partial charge in [0.2, 0.25) is 0 Å². The van der Waals surface area contributed by atoms with Gasteiger partial charge in [-0.3, -0.25) is 4.79 Å². The van der Waals surface area contributed by atoms with Gasteiger partial charge in [-0.1, -0.05) is 6.92 Å². The summed E-state index contributed by atoms with van der Waals surface area (Å²) in [6, 6.07) is 0. The van der Waals surface area contributed by atoms with Crippen molar-refractivity contribution in [1.82, 2.24) is 9.97 Å². The summed E-state index contributed by atoms with van der Waals surface area (Å²) in [5.74, 6) is 0.568. The van der Waals surface area contributed by atoms with Gasteiger partial charge in [0.1, 0.15) is 6.54 Å². The molecule has 94 valence electrons. The number of carbonyl (C=O) groups is 1. The molecule has 6 nitrogen and oxygen atoms in total. The van der Waals surface area contributed by atoms with E-state index in [0.29, 0.717) is 24.8 Å². The molecule has 1 rings (SSSR count). The molecule has 1 aromatic rings. The molecule has 0 atom stereocenters. The summed E-state index contributed by atoms with van der Waals surface area (Å²) >= 11 is 0. The summed E-state index contributed by atoms with van der Waals surface area (Å²) in [5, 5.41) is 0. The molecule has 0 spiro atoms. The number of nitrogen functional groups attached to an aromatic ring is 1.